The van der Waals surface area contributed by atoms with Gasteiger partial charge in [0, 0.05) is 5.02 Å². The van der Waals surface area contributed by atoms with Crippen LogP contribution in [0.3, 0.4) is 0 Å². The second kappa shape index (κ2) is 8.24. The minimum atomic E-state index is -3.93. The minimum Gasteiger partial charge on any atom is -0.440 e. The third-order valence-electron chi connectivity index (χ3n) is 3.77. The first-order valence-corrected chi connectivity index (χ1v) is 9.86. The van der Waals surface area contributed by atoms with Crippen molar-refractivity contribution in [2.45, 2.75) is 4.90 Å². The Bertz CT molecular complexity index is 1010. The smallest absolute Gasteiger partial charge is 0.339 e. The highest BCUT2D eigenvalue weighted by atomic mass is 35.5. The fourth-order valence-electron chi connectivity index (χ4n) is 2.38. The van der Waals surface area contributed by atoms with Gasteiger partial charge in [-0.25, -0.2) is 17.5 Å². The van der Waals surface area contributed by atoms with Gasteiger partial charge in [0.05, 0.1) is 16.1 Å². The molecule has 0 amide bonds. The van der Waals surface area contributed by atoms with E-state index in [1.54, 1.807) is 72.8 Å². The molecule has 0 aromatic heterocycles. The second-order valence-electron chi connectivity index (χ2n) is 5.57. The molecule has 0 aliphatic carbocycles. The Morgan fingerprint density at radius 1 is 0.852 bits per heavy atom. The van der Waals surface area contributed by atoms with Gasteiger partial charge in [-0.1, -0.05) is 48.0 Å². The summed E-state index contributed by atoms with van der Waals surface area (Å²) in [5.41, 5.74) is 0.676. The van der Waals surface area contributed by atoms with Crippen LogP contribution in [0.5, 0.6) is 0 Å². The van der Waals surface area contributed by atoms with E-state index in [0.717, 1.165) is 4.31 Å². The Kier molecular flexibility index (Phi) is 5.78. The van der Waals surface area contributed by atoms with Crippen LogP contribution < -0.4 is 4.31 Å². The number of sulfonamides is 1. The normalized spacial score (nSPS) is 11.0. The topological polar surface area (TPSA) is 63.7 Å². The highest BCUT2D eigenvalue weighted by Crippen LogP contribution is 2.25. The number of hydrogen-bond donors (Lipinski definition) is 0. The molecule has 0 fully saturated rings. The van der Waals surface area contributed by atoms with Crippen LogP contribution in [0.25, 0.3) is 0 Å². The van der Waals surface area contributed by atoms with Crippen LogP contribution >= 0.6 is 11.6 Å². The van der Waals surface area contributed by atoms with Crippen molar-refractivity contribution in [3.05, 3.63) is 95.5 Å². The van der Waals surface area contributed by atoms with E-state index in [-0.39, 0.29) is 4.90 Å². The number of rotatable bonds is 6. The number of hydrogen-bond acceptors (Lipinski definition) is 4. The molecule has 0 bridgehead atoms. The zero-order valence-electron chi connectivity index (χ0n) is 14.2. The predicted molar refractivity (Wildman–Crippen MR) is 104 cm³/mol. The standard InChI is InChI=1S/C20H16ClNO4S/c21-17-11-13-18(14-12-17)22(27(24,25)19-9-5-2-6-10-19)15-26-20(23)16-7-3-1-4-8-16/h1-14H,15H2. The summed E-state index contributed by atoms with van der Waals surface area (Å²) >= 11 is 5.90. The van der Waals surface area contributed by atoms with Crippen molar-refractivity contribution in [3.63, 3.8) is 0 Å². The van der Waals surface area contributed by atoms with Gasteiger partial charge in [-0.05, 0) is 48.5 Å². The quantitative estimate of drug-likeness (QED) is 0.455. The van der Waals surface area contributed by atoms with Crippen LogP contribution in [-0.2, 0) is 14.8 Å². The maximum atomic E-state index is 13.1. The van der Waals surface area contributed by atoms with Crippen LogP contribution in [-0.4, -0.2) is 21.1 Å². The summed E-state index contributed by atoms with van der Waals surface area (Å²) in [5, 5.41) is 0.470. The van der Waals surface area contributed by atoms with Crippen LogP contribution in [0, 0.1) is 0 Å². The first kappa shape index (κ1) is 18.9. The van der Waals surface area contributed by atoms with Crippen molar-refractivity contribution < 1.29 is 17.9 Å². The molecule has 0 heterocycles. The molecule has 5 nitrogen and oxygen atoms in total. The molecular formula is C20H16ClNO4S. The number of carbonyl (C=O) groups is 1. The van der Waals surface area contributed by atoms with Gasteiger partial charge in [-0.3, -0.25) is 0 Å². The van der Waals surface area contributed by atoms with Crippen molar-refractivity contribution in [2.24, 2.45) is 0 Å². The molecule has 27 heavy (non-hydrogen) atoms. The maximum Gasteiger partial charge on any atom is 0.339 e. The fourth-order valence-corrected chi connectivity index (χ4v) is 3.86. The number of benzene rings is 3. The molecule has 7 heteroatoms. The molecular weight excluding hydrogens is 386 g/mol. The molecule has 3 aromatic carbocycles. The van der Waals surface area contributed by atoms with E-state index in [1.807, 2.05) is 0 Å². The molecule has 0 spiro atoms. The molecule has 0 aliphatic rings. The Morgan fingerprint density at radius 3 is 2.00 bits per heavy atom. The van der Waals surface area contributed by atoms with Gasteiger partial charge in [-0.15, -0.1) is 0 Å². The van der Waals surface area contributed by atoms with E-state index in [2.05, 4.69) is 0 Å². The summed E-state index contributed by atoms with van der Waals surface area (Å²) in [6, 6.07) is 22.6. The average Bonchev–Trinajstić information content (AvgIpc) is 2.70. The van der Waals surface area contributed by atoms with Crippen molar-refractivity contribution in [1.82, 2.24) is 0 Å². The van der Waals surface area contributed by atoms with Gasteiger partial charge < -0.3 is 4.74 Å². The van der Waals surface area contributed by atoms with Gasteiger partial charge in [0.25, 0.3) is 10.0 Å². The molecule has 0 atom stereocenters. The summed E-state index contributed by atoms with van der Waals surface area (Å²) in [4.78, 5) is 12.3. The largest absolute Gasteiger partial charge is 0.440 e. The van der Waals surface area contributed by atoms with Crippen LogP contribution in [0.2, 0.25) is 5.02 Å². The predicted octanol–water partition coefficient (Wildman–Crippen LogP) is 4.35. The van der Waals surface area contributed by atoms with Gasteiger partial charge in [-0.2, -0.15) is 0 Å². The number of ether oxygens (including phenoxy) is 1. The molecule has 0 N–H and O–H groups in total. The molecule has 138 valence electrons. The first-order chi connectivity index (χ1) is 13.0. The fraction of sp³-hybridized carbons (Fsp3) is 0.0500. The summed E-state index contributed by atoms with van der Waals surface area (Å²) in [6.45, 7) is -0.466. The zero-order chi connectivity index (χ0) is 19.3. The van der Waals surface area contributed by atoms with E-state index < -0.39 is 22.7 Å². The SMILES string of the molecule is O=C(OCN(c1ccc(Cl)cc1)S(=O)(=O)c1ccccc1)c1ccccc1. The first-order valence-electron chi connectivity index (χ1n) is 8.04. The lowest BCUT2D eigenvalue weighted by molar-refractivity contribution is 0.0520. The monoisotopic (exact) mass is 401 g/mol. The van der Waals surface area contributed by atoms with Gasteiger partial charge in [0.1, 0.15) is 0 Å². The molecule has 0 saturated carbocycles. The Labute approximate surface area is 162 Å². The highest BCUT2D eigenvalue weighted by Gasteiger charge is 2.26. The maximum absolute atomic E-state index is 13.1. The Hall–Kier alpha value is -2.83. The molecule has 3 rings (SSSR count). The number of esters is 1. The van der Waals surface area contributed by atoms with Crippen molar-refractivity contribution in [2.75, 3.05) is 11.0 Å². The zero-order valence-corrected chi connectivity index (χ0v) is 15.7. The van der Waals surface area contributed by atoms with E-state index in [0.29, 0.717) is 16.3 Å². The summed E-state index contributed by atoms with van der Waals surface area (Å²) in [7, 11) is -3.93. The molecule has 0 aliphatic heterocycles. The second-order valence-corrected chi connectivity index (χ2v) is 7.87. The average molecular weight is 402 g/mol. The number of anilines is 1. The van der Waals surface area contributed by atoms with Crippen molar-refractivity contribution >= 4 is 33.3 Å². The number of carbonyl (C=O) groups excluding carboxylic acids is 1. The van der Waals surface area contributed by atoms with Crippen molar-refractivity contribution in [1.29, 1.82) is 0 Å². The summed E-state index contributed by atoms with van der Waals surface area (Å²) in [6.07, 6.45) is 0. The lowest BCUT2D eigenvalue weighted by atomic mass is 10.2. The number of nitrogens with zero attached hydrogens (tertiary/aromatic N) is 1. The molecule has 0 saturated heterocycles. The van der Waals surface area contributed by atoms with E-state index in [9.17, 15) is 13.2 Å². The third-order valence-corrected chi connectivity index (χ3v) is 5.78. The van der Waals surface area contributed by atoms with E-state index in [1.165, 1.54) is 12.1 Å². The lowest BCUT2D eigenvalue weighted by Crippen LogP contribution is -2.34. The van der Waals surface area contributed by atoms with Crippen LogP contribution in [0.15, 0.2) is 89.8 Å². The molecule has 0 unspecified atom stereocenters. The van der Waals surface area contributed by atoms with Crippen LogP contribution in [0.1, 0.15) is 10.4 Å². The highest BCUT2D eigenvalue weighted by molar-refractivity contribution is 7.92. The summed E-state index contributed by atoms with van der Waals surface area (Å²) in [5.74, 6) is -0.613. The third kappa shape index (κ3) is 4.48. The minimum absolute atomic E-state index is 0.0933. The number of halogens is 1. The van der Waals surface area contributed by atoms with Gasteiger partial charge in [0.15, 0.2) is 6.73 Å². The van der Waals surface area contributed by atoms with Crippen molar-refractivity contribution in [3.8, 4) is 0 Å². The lowest BCUT2D eigenvalue weighted by Gasteiger charge is -2.24. The van der Waals surface area contributed by atoms with E-state index >= 15 is 0 Å². The van der Waals surface area contributed by atoms with Gasteiger partial charge in [0.2, 0.25) is 0 Å². The summed E-state index contributed by atoms with van der Waals surface area (Å²) < 4.78 is 32.4. The Balaban J connectivity index is 1.91. The van der Waals surface area contributed by atoms with Gasteiger partial charge >= 0.3 is 5.97 Å². The molecule has 0 radical (unpaired) electrons. The van der Waals surface area contributed by atoms with E-state index in [4.69, 9.17) is 16.3 Å². The molecule has 3 aromatic rings. The van der Waals surface area contributed by atoms with Crippen LogP contribution in [0.4, 0.5) is 5.69 Å². The Morgan fingerprint density at radius 2 is 1.41 bits per heavy atom.